The lowest BCUT2D eigenvalue weighted by molar-refractivity contribution is -0.163. The normalized spacial score (nSPS) is 18.0. The van der Waals surface area contributed by atoms with E-state index in [1.165, 1.54) is 14.2 Å². The number of esters is 2. The molecule has 0 bridgehead atoms. The first-order valence-electron chi connectivity index (χ1n) is 7.38. The van der Waals surface area contributed by atoms with Crippen LogP contribution in [-0.2, 0) is 24.5 Å². The predicted molar refractivity (Wildman–Crippen MR) is 85.6 cm³/mol. The summed E-state index contributed by atoms with van der Waals surface area (Å²) in [5.41, 5.74) is -0.509. The van der Waals surface area contributed by atoms with Gasteiger partial charge in [-0.05, 0) is 11.6 Å². The van der Waals surface area contributed by atoms with Gasteiger partial charge in [0.05, 0.1) is 19.9 Å². The van der Waals surface area contributed by atoms with E-state index in [0.29, 0.717) is 16.8 Å². The van der Waals surface area contributed by atoms with E-state index in [1.807, 2.05) is 6.07 Å². The molecule has 3 rings (SSSR count). The molecule has 0 amide bonds. The molecular weight excluding hydrogens is 310 g/mol. The third kappa shape index (κ3) is 2.00. The summed E-state index contributed by atoms with van der Waals surface area (Å²) < 4.78 is 9.88. The van der Waals surface area contributed by atoms with Gasteiger partial charge in [0.2, 0.25) is 5.41 Å². The van der Waals surface area contributed by atoms with Gasteiger partial charge < -0.3 is 9.47 Å². The molecule has 0 fully saturated rings. The molecule has 0 saturated heterocycles. The highest BCUT2D eigenvalue weighted by Crippen LogP contribution is 2.53. The molecule has 0 radical (unpaired) electrons. The van der Waals surface area contributed by atoms with E-state index in [-0.39, 0.29) is 0 Å². The molecule has 0 aromatic heterocycles. The van der Waals surface area contributed by atoms with Crippen LogP contribution in [0.4, 0.5) is 5.69 Å². The molecule has 0 unspecified atom stereocenters. The summed E-state index contributed by atoms with van der Waals surface area (Å²) in [5, 5.41) is 11.7. The third-order valence-corrected chi connectivity index (χ3v) is 4.36. The van der Waals surface area contributed by atoms with Gasteiger partial charge in [-0.3, -0.25) is 14.8 Å². The summed E-state index contributed by atoms with van der Waals surface area (Å²) in [7, 11) is 2.41. The number of carbonyl (C=O) groups is 2. The fourth-order valence-electron chi connectivity index (χ4n) is 3.35. The van der Waals surface area contributed by atoms with E-state index < -0.39 is 23.4 Å². The summed E-state index contributed by atoms with van der Waals surface area (Å²) >= 11 is 0. The van der Waals surface area contributed by atoms with Crippen LogP contribution < -0.4 is 5.06 Å². The maximum absolute atomic E-state index is 12.8. The van der Waals surface area contributed by atoms with Crippen molar-refractivity contribution in [1.82, 2.24) is 0 Å². The average Bonchev–Trinajstić information content (AvgIpc) is 2.91. The Morgan fingerprint density at radius 2 is 1.50 bits per heavy atom. The molecule has 0 aliphatic carbocycles. The molecule has 0 spiro atoms. The van der Waals surface area contributed by atoms with Gasteiger partial charge >= 0.3 is 11.9 Å². The number of hydrogen-bond acceptors (Lipinski definition) is 6. The van der Waals surface area contributed by atoms with Crippen LogP contribution in [0.5, 0.6) is 0 Å². The number of para-hydroxylation sites is 1. The van der Waals surface area contributed by atoms with Gasteiger partial charge in [-0.1, -0.05) is 48.5 Å². The molecule has 1 N–H and O–H groups in total. The summed E-state index contributed by atoms with van der Waals surface area (Å²) in [4.78, 5) is 25.5. The molecule has 24 heavy (non-hydrogen) atoms. The minimum atomic E-state index is -1.81. The fourth-order valence-corrected chi connectivity index (χ4v) is 3.35. The minimum Gasteiger partial charge on any atom is -0.468 e. The van der Waals surface area contributed by atoms with Crippen molar-refractivity contribution in [3.05, 3.63) is 65.7 Å². The standard InChI is InChI=1S/C18H17NO5/c1-23-16(20)18(17(21)24-2)13-10-6-7-11-14(13)19(22)15(18)12-8-4-3-5-9-12/h3-11,15,22H,1-2H3/t15-/m1/s1. The van der Waals surface area contributed by atoms with Gasteiger partial charge in [0.25, 0.3) is 0 Å². The highest BCUT2D eigenvalue weighted by atomic mass is 16.6. The van der Waals surface area contributed by atoms with Gasteiger partial charge in [-0.25, -0.2) is 5.06 Å². The summed E-state index contributed by atoms with van der Waals surface area (Å²) in [5.74, 6) is -1.57. The molecular formula is C18H17NO5. The van der Waals surface area contributed by atoms with Gasteiger partial charge in [0.15, 0.2) is 0 Å². The van der Waals surface area contributed by atoms with Crippen LogP contribution in [0.15, 0.2) is 54.6 Å². The maximum atomic E-state index is 12.8. The number of ether oxygens (including phenoxy) is 2. The molecule has 1 aliphatic rings. The largest absolute Gasteiger partial charge is 0.468 e. The molecule has 1 aliphatic heterocycles. The topological polar surface area (TPSA) is 76.1 Å². The lowest BCUT2D eigenvalue weighted by Crippen LogP contribution is -2.50. The van der Waals surface area contributed by atoms with Crippen molar-refractivity contribution in [3.8, 4) is 0 Å². The van der Waals surface area contributed by atoms with Crippen LogP contribution in [0.3, 0.4) is 0 Å². The zero-order chi connectivity index (χ0) is 17.3. The van der Waals surface area contributed by atoms with Crippen LogP contribution in [0.2, 0.25) is 0 Å². The van der Waals surface area contributed by atoms with Crippen LogP contribution in [-0.4, -0.2) is 31.4 Å². The van der Waals surface area contributed by atoms with E-state index in [9.17, 15) is 14.8 Å². The van der Waals surface area contributed by atoms with Crippen LogP contribution >= 0.6 is 0 Å². The minimum absolute atomic E-state index is 0.347. The van der Waals surface area contributed by atoms with Crippen molar-refractivity contribution < 1.29 is 24.3 Å². The molecule has 6 heteroatoms. The van der Waals surface area contributed by atoms with Crippen molar-refractivity contribution in [2.24, 2.45) is 0 Å². The highest BCUT2D eigenvalue weighted by molar-refractivity contribution is 6.10. The Labute approximate surface area is 139 Å². The molecule has 1 atom stereocenters. The molecule has 124 valence electrons. The van der Waals surface area contributed by atoms with E-state index in [1.54, 1.807) is 48.5 Å². The number of hydroxylamine groups is 1. The number of fused-ring (bicyclic) bond motifs is 1. The SMILES string of the molecule is COC(=O)C1(C(=O)OC)c2ccccc2N(O)[C@@H]1c1ccccc1. The first-order chi connectivity index (χ1) is 11.6. The van der Waals surface area contributed by atoms with E-state index >= 15 is 0 Å². The van der Waals surface area contributed by atoms with Crippen LogP contribution in [0.25, 0.3) is 0 Å². The number of hydrogen-bond donors (Lipinski definition) is 1. The average molecular weight is 327 g/mol. The number of nitrogens with zero attached hydrogens (tertiary/aromatic N) is 1. The second-order valence-electron chi connectivity index (χ2n) is 5.47. The van der Waals surface area contributed by atoms with Gasteiger partial charge in [0.1, 0.15) is 6.04 Å². The Morgan fingerprint density at radius 1 is 0.958 bits per heavy atom. The van der Waals surface area contributed by atoms with E-state index in [2.05, 4.69) is 0 Å². The number of anilines is 1. The van der Waals surface area contributed by atoms with Crippen LogP contribution in [0, 0.1) is 0 Å². The quantitative estimate of drug-likeness (QED) is 0.688. The van der Waals surface area contributed by atoms with Gasteiger partial charge in [-0.2, -0.15) is 0 Å². The predicted octanol–water partition coefficient (Wildman–Crippen LogP) is 2.22. The summed E-state index contributed by atoms with van der Waals surface area (Å²) in [6.45, 7) is 0. The van der Waals surface area contributed by atoms with Gasteiger partial charge in [0, 0.05) is 5.56 Å². The van der Waals surface area contributed by atoms with Crippen molar-refractivity contribution in [3.63, 3.8) is 0 Å². The summed E-state index contributed by atoms with van der Waals surface area (Å²) in [6.07, 6.45) is 0. The third-order valence-electron chi connectivity index (χ3n) is 4.36. The first kappa shape index (κ1) is 16.0. The monoisotopic (exact) mass is 327 g/mol. The molecule has 6 nitrogen and oxygen atoms in total. The zero-order valence-corrected chi connectivity index (χ0v) is 13.3. The molecule has 1 heterocycles. The Kier molecular flexibility index (Phi) is 3.99. The Balaban J connectivity index is 2.35. The van der Waals surface area contributed by atoms with Crippen molar-refractivity contribution in [1.29, 1.82) is 0 Å². The highest BCUT2D eigenvalue weighted by Gasteiger charge is 2.64. The van der Waals surface area contributed by atoms with Crippen molar-refractivity contribution >= 4 is 17.6 Å². The number of carbonyl (C=O) groups excluding carboxylic acids is 2. The Morgan fingerprint density at radius 3 is 2.08 bits per heavy atom. The molecule has 2 aromatic carbocycles. The summed E-state index contributed by atoms with van der Waals surface area (Å²) in [6, 6.07) is 14.5. The number of methoxy groups -OCH3 is 2. The van der Waals surface area contributed by atoms with Crippen molar-refractivity contribution in [2.45, 2.75) is 11.5 Å². The fraction of sp³-hybridized carbons (Fsp3) is 0.222. The molecule has 0 saturated carbocycles. The van der Waals surface area contributed by atoms with E-state index in [0.717, 1.165) is 5.06 Å². The van der Waals surface area contributed by atoms with Crippen LogP contribution in [0.1, 0.15) is 17.2 Å². The number of benzene rings is 2. The maximum Gasteiger partial charge on any atom is 0.330 e. The van der Waals surface area contributed by atoms with E-state index in [4.69, 9.17) is 9.47 Å². The smallest absolute Gasteiger partial charge is 0.330 e. The lowest BCUT2D eigenvalue weighted by atomic mass is 9.74. The van der Waals surface area contributed by atoms with Gasteiger partial charge in [-0.15, -0.1) is 0 Å². The Hall–Kier alpha value is -2.86. The lowest BCUT2D eigenvalue weighted by Gasteiger charge is -2.32. The first-order valence-corrected chi connectivity index (χ1v) is 7.38. The zero-order valence-electron chi connectivity index (χ0n) is 13.3. The van der Waals surface area contributed by atoms with Crippen molar-refractivity contribution in [2.75, 3.05) is 19.3 Å². The number of rotatable bonds is 3. The second-order valence-corrected chi connectivity index (χ2v) is 5.47. The Bertz CT molecular complexity index is 758. The molecule has 2 aromatic rings. The second kappa shape index (κ2) is 5.98.